The molecule has 7 nitrogen and oxygen atoms in total. The number of likely N-dealkylation sites (tertiary alicyclic amines) is 1. The number of hydrogen-bond donors (Lipinski definition) is 2. The summed E-state index contributed by atoms with van der Waals surface area (Å²) < 4.78 is 1.87. The van der Waals surface area contributed by atoms with Gasteiger partial charge < -0.3 is 11.1 Å². The molecule has 24 heavy (non-hydrogen) atoms. The Bertz CT molecular complexity index is 665. The first-order valence-corrected chi connectivity index (χ1v) is 8.47. The van der Waals surface area contributed by atoms with Gasteiger partial charge in [-0.3, -0.25) is 9.47 Å². The topological polar surface area (TPSA) is 84.4 Å². The molecule has 1 unspecified atom stereocenters. The molecule has 0 aromatic carbocycles. The van der Waals surface area contributed by atoms with E-state index in [9.17, 15) is 0 Å². The molecular weight excluding hydrogens is 302 g/mol. The monoisotopic (exact) mass is 327 g/mol. The van der Waals surface area contributed by atoms with Crippen molar-refractivity contribution in [2.75, 3.05) is 19.6 Å². The lowest BCUT2D eigenvalue weighted by atomic mass is 10.2. The predicted octanol–water partition coefficient (Wildman–Crippen LogP) is 1.16. The Balaban J connectivity index is 1.54. The maximum atomic E-state index is 6.01. The number of imidazole rings is 1. The molecule has 0 bridgehead atoms. The Labute approximate surface area is 142 Å². The van der Waals surface area contributed by atoms with E-state index in [2.05, 4.69) is 32.1 Å². The molecule has 2 aromatic heterocycles. The highest BCUT2D eigenvalue weighted by atomic mass is 15.2. The fourth-order valence-electron chi connectivity index (χ4n) is 3.09. The Kier molecular flexibility index (Phi) is 5.43. The van der Waals surface area contributed by atoms with Gasteiger partial charge in [-0.25, -0.2) is 15.0 Å². The average Bonchev–Trinajstić information content (AvgIpc) is 3.29. The van der Waals surface area contributed by atoms with Gasteiger partial charge in [-0.15, -0.1) is 0 Å². The summed E-state index contributed by atoms with van der Waals surface area (Å²) in [6.45, 7) is 5.88. The van der Waals surface area contributed by atoms with E-state index < -0.39 is 0 Å². The molecule has 0 saturated carbocycles. The van der Waals surface area contributed by atoms with Crippen molar-refractivity contribution in [1.82, 2.24) is 24.8 Å². The van der Waals surface area contributed by atoms with E-state index in [0.29, 0.717) is 18.5 Å². The molecule has 0 spiro atoms. The molecular formula is C17H25N7. The first-order chi connectivity index (χ1) is 11.8. The SMILES string of the molecule is CCN1CCCC1CNC(N)=NCc1ccnc(-n2ccnc2)c1. The number of nitrogens with zero attached hydrogens (tertiary/aromatic N) is 5. The van der Waals surface area contributed by atoms with Crippen LogP contribution in [-0.4, -0.2) is 51.1 Å². The predicted molar refractivity (Wildman–Crippen MR) is 95.0 cm³/mol. The van der Waals surface area contributed by atoms with Crippen LogP contribution in [0, 0.1) is 0 Å². The van der Waals surface area contributed by atoms with Crippen molar-refractivity contribution in [2.24, 2.45) is 10.7 Å². The van der Waals surface area contributed by atoms with Crippen LogP contribution in [0.1, 0.15) is 25.3 Å². The summed E-state index contributed by atoms with van der Waals surface area (Å²) in [4.78, 5) is 15.3. The van der Waals surface area contributed by atoms with E-state index in [4.69, 9.17) is 5.73 Å². The van der Waals surface area contributed by atoms with E-state index in [1.165, 1.54) is 19.4 Å². The Morgan fingerprint density at radius 1 is 1.46 bits per heavy atom. The lowest BCUT2D eigenvalue weighted by Gasteiger charge is -2.23. The highest BCUT2D eigenvalue weighted by Crippen LogP contribution is 2.15. The smallest absolute Gasteiger partial charge is 0.188 e. The fraction of sp³-hybridized carbons (Fsp3) is 0.471. The summed E-state index contributed by atoms with van der Waals surface area (Å²) in [5.41, 5.74) is 7.07. The van der Waals surface area contributed by atoms with E-state index >= 15 is 0 Å². The number of likely N-dealkylation sites (N-methyl/N-ethyl adjacent to an activating group) is 1. The average molecular weight is 327 g/mol. The van der Waals surface area contributed by atoms with Gasteiger partial charge in [-0.2, -0.15) is 0 Å². The second-order valence-electron chi connectivity index (χ2n) is 6.00. The number of guanidine groups is 1. The second kappa shape index (κ2) is 7.92. The minimum Gasteiger partial charge on any atom is -0.370 e. The summed E-state index contributed by atoms with van der Waals surface area (Å²) in [5.74, 6) is 1.33. The number of aliphatic imine (C=N–C) groups is 1. The summed E-state index contributed by atoms with van der Waals surface area (Å²) in [6.07, 6.45) is 9.61. The molecule has 0 amide bonds. The molecule has 128 valence electrons. The zero-order valence-electron chi connectivity index (χ0n) is 14.1. The third-order valence-electron chi connectivity index (χ3n) is 4.43. The van der Waals surface area contributed by atoms with E-state index in [1.807, 2.05) is 22.9 Å². The number of nitrogens with one attached hydrogen (secondary N) is 1. The van der Waals surface area contributed by atoms with Crippen LogP contribution in [0.2, 0.25) is 0 Å². The molecule has 1 aliphatic rings. The Morgan fingerprint density at radius 3 is 3.17 bits per heavy atom. The first kappa shape index (κ1) is 16.4. The van der Waals surface area contributed by atoms with Crippen molar-refractivity contribution >= 4 is 5.96 Å². The molecule has 0 radical (unpaired) electrons. The van der Waals surface area contributed by atoms with Crippen LogP contribution in [0.15, 0.2) is 42.0 Å². The Hall–Kier alpha value is -2.41. The van der Waals surface area contributed by atoms with Gasteiger partial charge in [0.1, 0.15) is 12.1 Å². The zero-order valence-corrected chi connectivity index (χ0v) is 14.1. The van der Waals surface area contributed by atoms with Crippen LogP contribution in [0.4, 0.5) is 0 Å². The van der Waals surface area contributed by atoms with Gasteiger partial charge in [0.05, 0.1) is 6.54 Å². The van der Waals surface area contributed by atoms with Crippen LogP contribution in [0.3, 0.4) is 0 Å². The Morgan fingerprint density at radius 2 is 2.38 bits per heavy atom. The largest absolute Gasteiger partial charge is 0.370 e. The molecule has 3 rings (SSSR count). The van der Waals surface area contributed by atoms with E-state index in [-0.39, 0.29) is 0 Å². The van der Waals surface area contributed by atoms with Gasteiger partial charge in [0.2, 0.25) is 0 Å². The van der Waals surface area contributed by atoms with Crippen molar-refractivity contribution in [3.63, 3.8) is 0 Å². The van der Waals surface area contributed by atoms with Crippen molar-refractivity contribution in [3.8, 4) is 5.82 Å². The highest BCUT2D eigenvalue weighted by molar-refractivity contribution is 5.77. The zero-order chi connectivity index (χ0) is 16.8. The standard InChI is InChI=1S/C17H25N7/c1-2-23-8-3-4-15(23)12-22-17(18)21-11-14-5-6-20-16(10-14)24-9-7-19-13-24/h5-7,9-10,13,15H,2-4,8,11-12H2,1H3,(H3,18,21,22). The summed E-state index contributed by atoms with van der Waals surface area (Å²) in [5, 5.41) is 3.26. The summed E-state index contributed by atoms with van der Waals surface area (Å²) in [6, 6.07) is 4.51. The molecule has 1 saturated heterocycles. The molecule has 7 heteroatoms. The summed E-state index contributed by atoms with van der Waals surface area (Å²) >= 11 is 0. The van der Waals surface area contributed by atoms with Crippen molar-refractivity contribution in [2.45, 2.75) is 32.4 Å². The lowest BCUT2D eigenvalue weighted by Crippen LogP contribution is -2.42. The molecule has 1 atom stereocenters. The molecule has 3 heterocycles. The third kappa shape index (κ3) is 4.11. The molecule has 1 fully saturated rings. The molecule has 3 N–H and O–H groups in total. The van der Waals surface area contributed by atoms with Gasteiger partial charge in [0.25, 0.3) is 0 Å². The van der Waals surface area contributed by atoms with Gasteiger partial charge >= 0.3 is 0 Å². The van der Waals surface area contributed by atoms with Crippen molar-refractivity contribution in [3.05, 3.63) is 42.6 Å². The second-order valence-corrected chi connectivity index (χ2v) is 6.00. The maximum absolute atomic E-state index is 6.01. The number of hydrogen-bond acceptors (Lipinski definition) is 4. The van der Waals surface area contributed by atoms with Gasteiger partial charge in [-0.1, -0.05) is 6.92 Å². The highest BCUT2D eigenvalue weighted by Gasteiger charge is 2.22. The van der Waals surface area contributed by atoms with E-state index in [0.717, 1.165) is 24.5 Å². The normalized spacial score (nSPS) is 18.9. The molecule has 1 aliphatic heterocycles. The van der Waals surface area contributed by atoms with Crippen LogP contribution < -0.4 is 11.1 Å². The third-order valence-corrected chi connectivity index (χ3v) is 4.43. The number of pyridine rings is 1. The first-order valence-electron chi connectivity index (χ1n) is 8.47. The minimum absolute atomic E-state index is 0.499. The van der Waals surface area contributed by atoms with Crippen molar-refractivity contribution < 1.29 is 0 Å². The number of rotatable bonds is 6. The number of nitrogens with two attached hydrogens (primary N) is 1. The molecule has 2 aromatic rings. The van der Waals surface area contributed by atoms with Gasteiger partial charge in [-0.05, 0) is 43.6 Å². The number of aromatic nitrogens is 3. The maximum Gasteiger partial charge on any atom is 0.188 e. The quantitative estimate of drug-likeness (QED) is 0.614. The van der Waals surface area contributed by atoms with Crippen LogP contribution >= 0.6 is 0 Å². The van der Waals surface area contributed by atoms with Crippen LogP contribution in [0.5, 0.6) is 0 Å². The van der Waals surface area contributed by atoms with Crippen LogP contribution in [-0.2, 0) is 6.54 Å². The molecule has 0 aliphatic carbocycles. The van der Waals surface area contributed by atoms with Crippen LogP contribution in [0.25, 0.3) is 5.82 Å². The van der Waals surface area contributed by atoms with Gasteiger partial charge in [0.15, 0.2) is 5.96 Å². The fourth-order valence-corrected chi connectivity index (χ4v) is 3.09. The van der Waals surface area contributed by atoms with Gasteiger partial charge in [0, 0.05) is 31.2 Å². The van der Waals surface area contributed by atoms with E-state index in [1.54, 1.807) is 18.7 Å². The lowest BCUT2D eigenvalue weighted by molar-refractivity contribution is 0.267. The summed E-state index contributed by atoms with van der Waals surface area (Å²) in [7, 11) is 0. The minimum atomic E-state index is 0.499. The van der Waals surface area contributed by atoms with Crippen molar-refractivity contribution in [1.29, 1.82) is 0 Å².